The van der Waals surface area contributed by atoms with Crippen molar-refractivity contribution in [1.82, 2.24) is 9.78 Å². The van der Waals surface area contributed by atoms with Crippen molar-refractivity contribution >= 4 is 17.6 Å². The molecule has 1 saturated carbocycles. The zero-order valence-corrected chi connectivity index (χ0v) is 14.9. The molecule has 1 aliphatic heterocycles. The van der Waals surface area contributed by atoms with Crippen molar-refractivity contribution < 1.29 is 19.4 Å². The summed E-state index contributed by atoms with van der Waals surface area (Å²) in [6, 6.07) is 7.24. The molecule has 4 rings (SSSR count). The van der Waals surface area contributed by atoms with Gasteiger partial charge in [-0.05, 0) is 45.4 Å². The summed E-state index contributed by atoms with van der Waals surface area (Å²) in [7, 11) is 0. The van der Waals surface area contributed by atoms with E-state index in [1.54, 1.807) is 17.7 Å². The van der Waals surface area contributed by atoms with E-state index in [1.807, 2.05) is 32.0 Å². The van der Waals surface area contributed by atoms with E-state index in [0.717, 1.165) is 6.42 Å². The number of carbonyl (C=O) groups excluding carboxylic acids is 1. The van der Waals surface area contributed by atoms with Crippen molar-refractivity contribution in [3.05, 3.63) is 41.7 Å². The summed E-state index contributed by atoms with van der Waals surface area (Å²) >= 11 is 0. The van der Waals surface area contributed by atoms with Crippen LogP contribution in [0.2, 0.25) is 0 Å². The predicted octanol–water partition coefficient (Wildman–Crippen LogP) is 2.63. The summed E-state index contributed by atoms with van der Waals surface area (Å²) < 4.78 is 7.32. The molecular formula is C19H21N3O4. The second-order valence-electron chi connectivity index (χ2n) is 7.56. The minimum Gasteiger partial charge on any atom is -0.478 e. The molecular weight excluding hydrogens is 334 g/mol. The van der Waals surface area contributed by atoms with Crippen LogP contribution in [0.4, 0.5) is 5.69 Å². The van der Waals surface area contributed by atoms with Gasteiger partial charge in [-0.15, -0.1) is 0 Å². The van der Waals surface area contributed by atoms with Crippen molar-refractivity contribution in [3.8, 4) is 5.69 Å². The van der Waals surface area contributed by atoms with E-state index in [-0.39, 0.29) is 17.4 Å². The summed E-state index contributed by atoms with van der Waals surface area (Å²) in [5.74, 6) is -0.752. The molecule has 2 heterocycles. The van der Waals surface area contributed by atoms with Crippen LogP contribution in [0.25, 0.3) is 5.69 Å². The Morgan fingerprint density at radius 1 is 1.38 bits per heavy atom. The number of benzene rings is 1. The number of hydrogen-bond donors (Lipinski definition) is 2. The van der Waals surface area contributed by atoms with Gasteiger partial charge >= 0.3 is 5.97 Å². The SMILES string of the molecule is Cc1c(C(=O)O)cnn1-c1cccc(NC(=O)C23CC2COC3(C)C)c1. The molecule has 2 unspecified atom stereocenters. The van der Waals surface area contributed by atoms with Crippen LogP contribution in [-0.4, -0.2) is 39.0 Å². The minimum atomic E-state index is -1.01. The van der Waals surface area contributed by atoms with Crippen LogP contribution in [0.5, 0.6) is 0 Å². The quantitative estimate of drug-likeness (QED) is 0.879. The van der Waals surface area contributed by atoms with Crippen LogP contribution in [0.3, 0.4) is 0 Å². The number of carbonyl (C=O) groups is 2. The lowest BCUT2D eigenvalue weighted by molar-refractivity contribution is -0.128. The van der Waals surface area contributed by atoms with Gasteiger partial charge in [-0.2, -0.15) is 5.10 Å². The minimum absolute atomic E-state index is 0.0226. The highest BCUT2D eigenvalue weighted by Crippen LogP contribution is 2.65. The molecule has 1 aliphatic carbocycles. The molecule has 0 bridgehead atoms. The molecule has 2 fully saturated rings. The third-order valence-electron chi connectivity index (χ3n) is 5.82. The van der Waals surface area contributed by atoms with Crippen LogP contribution < -0.4 is 5.32 Å². The number of nitrogens with one attached hydrogen (secondary N) is 1. The highest BCUT2D eigenvalue weighted by Gasteiger charge is 2.72. The smallest absolute Gasteiger partial charge is 0.339 e. The van der Waals surface area contributed by atoms with E-state index in [4.69, 9.17) is 4.74 Å². The van der Waals surface area contributed by atoms with E-state index in [2.05, 4.69) is 10.4 Å². The fourth-order valence-electron chi connectivity index (χ4n) is 4.10. The Morgan fingerprint density at radius 3 is 2.73 bits per heavy atom. The average molecular weight is 355 g/mol. The zero-order valence-electron chi connectivity index (χ0n) is 14.9. The number of carboxylic acid groups (broad SMARTS) is 1. The second kappa shape index (κ2) is 5.41. The number of rotatable bonds is 4. The maximum absolute atomic E-state index is 12.9. The number of nitrogens with zero attached hydrogens (tertiary/aromatic N) is 2. The molecule has 1 aromatic carbocycles. The lowest BCUT2D eigenvalue weighted by atomic mass is 9.86. The first-order valence-corrected chi connectivity index (χ1v) is 8.60. The predicted molar refractivity (Wildman–Crippen MR) is 94.5 cm³/mol. The van der Waals surface area contributed by atoms with Gasteiger partial charge < -0.3 is 15.2 Å². The molecule has 0 radical (unpaired) electrons. The third kappa shape index (κ3) is 2.27. The fourth-order valence-corrected chi connectivity index (χ4v) is 4.10. The lowest BCUT2D eigenvalue weighted by Crippen LogP contribution is -2.41. The highest BCUT2D eigenvalue weighted by molar-refractivity contribution is 5.99. The fraction of sp³-hybridized carbons (Fsp3) is 0.421. The Hall–Kier alpha value is -2.67. The van der Waals surface area contributed by atoms with Gasteiger partial charge in [0, 0.05) is 11.6 Å². The monoisotopic (exact) mass is 355 g/mol. The van der Waals surface area contributed by atoms with E-state index in [1.165, 1.54) is 6.20 Å². The number of aromatic carboxylic acids is 1. The normalized spacial score (nSPS) is 25.6. The maximum atomic E-state index is 12.9. The van der Waals surface area contributed by atoms with Gasteiger partial charge in [0.1, 0.15) is 5.56 Å². The van der Waals surface area contributed by atoms with Crippen molar-refractivity contribution in [2.24, 2.45) is 11.3 Å². The number of ether oxygens (including phenoxy) is 1. The zero-order chi connectivity index (χ0) is 18.7. The lowest BCUT2D eigenvalue weighted by Gasteiger charge is -2.29. The molecule has 2 aromatic rings. The molecule has 7 heteroatoms. The highest BCUT2D eigenvalue weighted by atomic mass is 16.5. The molecule has 0 spiro atoms. The van der Waals surface area contributed by atoms with Crippen LogP contribution >= 0.6 is 0 Å². The molecule has 1 amide bonds. The van der Waals surface area contributed by atoms with Gasteiger partial charge in [0.2, 0.25) is 5.91 Å². The van der Waals surface area contributed by atoms with Crippen LogP contribution in [0, 0.1) is 18.3 Å². The van der Waals surface area contributed by atoms with Gasteiger partial charge in [0.05, 0.1) is 35.2 Å². The first-order valence-electron chi connectivity index (χ1n) is 8.60. The Kier molecular flexibility index (Phi) is 3.49. The summed E-state index contributed by atoms with van der Waals surface area (Å²) in [5.41, 5.74) is 1.12. The van der Waals surface area contributed by atoms with Gasteiger partial charge in [-0.3, -0.25) is 4.79 Å². The van der Waals surface area contributed by atoms with E-state index >= 15 is 0 Å². The maximum Gasteiger partial charge on any atom is 0.339 e. The number of anilines is 1. The van der Waals surface area contributed by atoms with Crippen molar-refractivity contribution in [2.75, 3.05) is 11.9 Å². The summed E-state index contributed by atoms with van der Waals surface area (Å²) in [4.78, 5) is 24.1. The molecule has 26 heavy (non-hydrogen) atoms. The van der Waals surface area contributed by atoms with E-state index in [9.17, 15) is 14.7 Å². The number of amides is 1. The Morgan fingerprint density at radius 2 is 2.15 bits per heavy atom. The molecule has 1 saturated heterocycles. The van der Waals surface area contributed by atoms with Gasteiger partial charge in [0.15, 0.2) is 0 Å². The van der Waals surface area contributed by atoms with Gasteiger partial charge in [-0.25, -0.2) is 9.48 Å². The number of aromatic nitrogens is 2. The van der Waals surface area contributed by atoms with Crippen LogP contribution in [-0.2, 0) is 9.53 Å². The largest absolute Gasteiger partial charge is 0.478 e. The standard InChI is InChI=1S/C19H21N3O4/c1-11-15(16(23)24)9-20-22(11)14-6-4-5-13(7-14)21-17(25)19-8-12(19)10-26-18(19,2)3/h4-7,9,12H,8,10H2,1-3H3,(H,21,25)(H,23,24). The summed E-state index contributed by atoms with van der Waals surface area (Å²) in [5, 5.41) is 16.3. The number of fused-ring (bicyclic) bond motifs is 1. The van der Waals surface area contributed by atoms with Crippen molar-refractivity contribution in [1.29, 1.82) is 0 Å². The average Bonchev–Trinajstić information content (AvgIpc) is 3.13. The summed E-state index contributed by atoms with van der Waals surface area (Å²) in [6.45, 7) is 6.27. The third-order valence-corrected chi connectivity index (χ3v) is 5.82. The first kappa shape index (κ1) is 16.8. The van der Waals surface area contributed by atoms with Gasteiger partial charge in [0.25, 0.3) is 0 Å². The molecule has 2 N–H and O–H groups in total. The second-order valence-corrected chi connectivity index (χ2v) is 7.56. The Balaban J connectivity index is 1.60. The molecule has 7 nitrogen and oxygen atoms in total. The molecule has 2 aliphatic rings. The van der Waals surface area contributed by atoms with E-state index < -0.39 is 17.0 Å². The van der Waals surface area contributed by atoms with Crippen molar-refractivity contribution in [2.45, 2.75) is 32.8 Å². The Bertz CT molecular complexity index is 917. The van der Waals surface area contributed by atoms with Crippen molar-refractivity contribution in [3.63, 3.8) is 0 Å². The number of carboxylic acids is 1. The van der Waals surface area contributed by atoms with Crippen LogP contribution in [0.15, 0.2) is 30.5 Å². The van der Waals surface area contributed by atoms with Crippen LogP contribution in [0.1, 0.15) is 36.3 Å². The first-order chi connectivity index (χ1) is 12.3. The van der Waals surface area contributed by atoms with E-state index in [0.29, 0.717) is 23.7 Å². The topological polar surface area (TPSA) is 93.5 Å². The summed E-state index contributed by atoms with van der Waals surface area (Å²) in [6.07, 6.45) is 2.18. The van der Waals surface area contributed by atoms with Gasteiger partial charge in [-0.1, -0.05) is 6.07 Å². The Labute approximate surface area is 151 Å². The number of hydrogen-bond acceptors (Lipinski definition) is 4. The molecule has 136 valence electrons. The molecule has 1 aromatic heterocycles. The molecule has 2 atom stereocenters.